The molecule has 0 saturated heterocycles. The van der Waals surface area contributed by atoms with E-state index in [0.29, 0.717) is 36.6 Å². The van der Waals surface area contributed by atoms with Crippen molar-refractivity contribution in [3.63, 3.8) is 0 Å². The van der Waals surface area contributed by atoms with Crippen LogP contribution >= 0.6 is 0 Å². The van der Waals surface area contributed by atoms with Crippen LogP contribution in [0.1, 0.15) is 12.8 Å². The van der Waals surface area contributed by atoms with Crippen molar-refractivity contribution in [2.45, 2.75) is 12.8 Å². The van der Waals surface area contributed by atoms with Crippen molar-refractivity contribution in [1.82, 2.24) is 0 Å². The number of nitrogens with one attached hydrogen (secondary N) is 1. The third kappa shape index (κ3) is 5.60. The number of ether oxygens (including phenoxy) is 4. The van der Waals surface area contributed by atoms with E-state index in [4.69, 9.17) is 18.9 Å². The lowest BCUT2D eigenvalue weighted by molar-refractivity contribution is -0.116. The molecule has 0 aromatic heterocycles. The zero-order valence-electron chi connectivity index (χ0n) is 14.7. The monoisotopic (exact) mass is 345 g/mol. The predicted molar refractivity (Wildman–Crippen MR) is 95.9 cm³/mol. The molecule has 134 valence electrons. The molecule has 0 aliphatic carbocycles. The molecule has 0 heterocycles. The van der Waals surface area contributed by atoms with E-state index in [-0.39, 0.29) is 5.91 Å². The van der Waals surface area contributed by atoms with Crippen molar-refractivity contribution < 1.29 is 23.7 Å². The zero-order valence-corrected chi connectivity index (χ0v) is 14.7. The van der Waals surface area contributed by atoms with Crippen molar-refractivity contribution in [3.05, 3.63) is 42.5 Å². The van der Waals surface area contributed by atoms with E-state index in [2.05, 4.69) is 5.32 Å². The molecule has 0 atom stereocenters. The summed E-state index contributed by atoms with van der Waals surface area (Å²) in [5.74, 6) is 2.64. The predicted octanol–water partition coefficient (Wildman–Crippen LogP) is 3.51. The summed E-state index contributed by atoms with van der Waals surface area (Å²) in [5, 5.41) is 2.84. The van der Waals surface area contributed by atoms with Crippen molar-refractivity contribution >= 4 is 11.6 Å². The molecular formula is C19H23NO5. The zero-order chi connectivity index (χ0) is 18.1. The van der Waals surface area contributed by atoms with Gasteiger partial charge in [-0.1, -0.05) is 0 Å². The highest BCUT2D eigenvalue weighted by atomic mass is 16.5. The molecule has 0 fully saturated rings. The van der Waals surface area contributed by atoms with Gasteiger partial charge in [-0.3, -0.25) is 4.79 Å². The SMILES string of the molecule is COc1ccc(OCCCC(=O)Nc2ccc(OC)c(OC)c2)cc1. The smallest absolute Gasteiger partial charge is 0.224 e. The lowest BCUT2D eigenvalue weighted by atomic mass is 10.2. The highest BCUT2D eigenvalue weighted by molar-refractivity contribution is 5.91. The molecule has 2 aromatic rings. The molecular weight excluding hydrogens is 322 g/mol. The first-order valence-corrected chi connectivity index (χ1v) is 7.95. The fourth-order valence-corrected chi connectivity index (χ4v) is 2.23. The maximum Gasteiger partial charge on any atom is 0.224 e. The van der Waals surface area contributed by atoms with Gasteiger partial charge in [-0.25, -0.2) is 0 Å². The molecule has 2 rings (SSSR count). The Kier molecular flexibility index (Phi) is 6.95. The molecule has 2 aromatic carbocycles. The first kappa shape index (κ1) is 18.4. The summed E-state index contributed by atoms with van der Waals surface area (Å²) in [6, 6.07) is 12.6. The van der Waals surface area contributed by atoms with Crippen LogP contribution < -0.4 is 24.3 Å². The first-order valence-electron chi connectivity index (χ1n) is 7.95. The lowest BCUT2D eigenvalue weighted by Crippen LogP contribution is -2.13. The number of hydrogen-bond acceptors (Lipinski definition) is 5. The highest BCUT2D eigenvalue weighted by Crippen LogP contribution is 2.29. The summed E-state index contributed by atoms with van der Waals surface area (Å²) in [6.07, 6.45) is 0.982. The minimum absolute atomic E-state index is 0.0782. The molecule has 0 unspecified atom stereocenters. The van der Waals surface area contributed by atoms with Gasteiger partial charge in [-0.05, 0) is 42.8 Å². The first-order chi connectivity index (χ1) is 12.2. The van der Waals surface area contributed by atoms with Gasteiger partial charge >= 0.3 is 0 Å². The fraction of sp³-hybridized carbons (Fsp3) is 0.316. The molecule has 0 spiro atoms. The van der Waals surface area contributed by atoms with E-state index in [1.165, 1.54) is 0 Å². The van der Waals surface area contributed by atoms with E-state index < -0.39 is 0 Å². The van der Waals surface area contributed by atoms with Crippen LogP contribution in [-0.4, -0.2) is 33.8 Å². The van der Waals surface area contributed by atoms with Gasteiger partial charge in [-0.2, -0.15) is 0 Å². The van der Waals surface area contributed by atoms with Crippen molar-refractivity contribution in [3.8, 4) is 23.0 Å². The summed E-state index contributed by atoms with van der Waals surface area (Å²) >= 11 is 0. The van der Waals surface area contributed by atoms with E-state index in [1.54, 1.807) is 39.5 Å². The van der Waals surface area contributed by atoms with Crippen LogP contribution in [0, 0.1) is 0 Å². The Morgan fingerprint density at radius 2 is 1.56 bits per heavy atom. The molecule has 1 N–H and O–H groups in total. The number of anilines is 1. The van der Waals surface area contributed by atoms with Crippen LogP contribution in [0.2, 0.25) is 0 Å². The van der Waals surface area contributed by atoms with Gasteiger partial charge in [0.1, 0.15) is 11.5 Å². The fourth-order valence-electron chi connectivity index (χ4n) is 2.23. The number of benzene rings is 2. The molecule has 1 amide bonds. The van der Waals surface area contributed by atoms with Crippen LogP contribution in [0.3, 0.4) is 0 Å². The Morgan fingerprint density at radius 1 is 0.880 bits per heavy atom. The maximum atomic E-state index is 12.0. The number of carbonyl (C=O) groups is 1. The van der Waals surface area contributed by atoms with E-state index in [1.807, 2.05) is 24.3 Å². The van der Waals surface area contributed by atoms with Crippen LogP contribution in [0.5, 0.6) is 23.0 Å². The minimum Gasteiger partial charge on any atom is -0.497 e. The van der Waals surface area contributed by atoms with Crippen molar-refractivity contribution in [2.24, 2.45) is 0 Å². The highest BCUT2D eigenvalue weighted by Gasteiger charge is 2.07. The summed E-state index contributed by atoms with van der Waals surface area (Å²) in [6.45, 7) is 0.464. The number of rotatable bonds is 9. The second-order valence-electron chi connectivity index (χ2n) is 5.25. The summed E-state index contributed by atoms with van der Waals surface area (Å²) in [5.41, 5.74) is 0.665. The number of amides is 1. The quantitative estimate of drug-likeness (QED) is 0.705. The molecule has 6 nitrogen and oxygen atoms in total. The van der Waals surface area contributed by atoms with Crippen LogP contribution in [0.15, 0.2) is 42.5 Å². The topological polar surface area (TPSA) is 66.0 Å². The third-order valence-corrected chi connectivity index (χ3v) is 3.54. The van der Waals surface area contributed by atoms with Crippen molar-refractivity contribution in [1.29, 1.82) is 0 Å². The van der Waals surface area contributed by atoms with Gasteiger partial charge in [-0.15, -0.1) is 0 Å². The molecule has 0 bridgehead atoms. The third-order valence-electron chi connectivity index (χ3n) is 3.54. The number of hydrogen-bond donors (Lipinski definition) is 1. The van der Waals surface area contributed by atoms with Gasteiger partial charge in [0.2, 0.25) is 5.91 Å². The molecule has 0 radical (unpaired) electrons. The second-order valence-corrected chi connectivity index (χ2v) is 5.25. The van der Waals surface area contributed by atoms with Gasteiger partial charge in [0.25, 0.3) is 0 Å². The minimum atomic E-state index is -0.0782. The largest absolute Gasteiger partial charge is 0.497 e. The standard InChI is InChI=1S/C19H23NO5/c1-22-15-7-9-16(10-8-15)25-12-4-5-19(21)20-14-6-11-17(23-2)18(13-14)24-3/h6-11,13H,4-5,12H2,1-3H3,(H,20,21). The van der Waals surface area contributed by atoms with Gasteiger partial charge in [0, 0.05) is 18.2 Å². The second kappa shape index (κ2) is 9.42. The summed E-state index contributed by atoms with van der Waals surface area (Å²) < 4.78 is 21.1. The van der Waals surface area contributed by atoms with Crippen LogP contribution in [0.4, 0.5) is 5.69 Å². The molecule has 0 aliphatic rings. The number of methoxy groups -OCH3 is 3. The Hall–Kier alpha value is -2.89. The van der Waals surface area contributed by atoms with E-state index in [0.717, 1.165) is 11.5 Å². The Labute approximate surface area is 147 Å². The molecule has 6 heteroatoms. The van der Waals surface area contributed by atoms with Crippen LogP contribution in [0.25, 0.3) is 0 Å². The van der Waals surface area contributed by atoms with E-state index in [9.17, 15) is 4.79 Å². The Bertz CT molecular complexity index is 685. The average molecular weight is 345 g/mol. The Balaban J connectivity index is 1.75. The van der Waals surface area contributed by atoms with E-state index >= 15 is 0 Å². The summed E-state index contributed by atoms with van der Waals surface area (Å²) in [4.78, 5) is 12.0. The van der Waals surface area contributed by atoms with Crippen LogP contribution in [-0.2, 0) is 4.79 Å². The van der Waals surface area contributed by atoms with Gasteiger partial charge in [0.15, 0.2) is 11.5 Å². The average Bonchev–Trinajstić information content (AvgIpc) is 2.65. The van der Waals surface area contributed by atoms with Gasteiger partial charge in [0.05, 0.1) is 27.9 Å². The Morgan fingerprint density at radius 3 is 2.20 bits per heavy atom. The molecule has 25 heavy (non-hydrogen) atoms. The molecule has 0 aliphatic heterocycles. The number of carbonyl (C=O) groups excluding carboxylic acids is 1. The summed E-state index contributed by atoms with van der Waals surface area (Å²) in [7, 11) is 4.74. The van der Waals surface area contributed by atoms with Gasteiger partial charge < -0.3 is 24.3 Å². The maximum absolute atomic E-state index is 12.0. The molecule has 0 saturated carbocycles. The lowest BCUT2D eigenvalue weighted by Gasteiger charge is -2.11. The normalized spacial score (nSPS) is 10.0. The van der Waals surface area contributed by atoms with Crippen molar-refractivity contribution in [2.75, 3.05) is 33.3 Å².